The molecule has 0 saturated carbocycles. The van der Waals surface area contributed by atoms with E-state index in [-0.39, 0.29) is 38.8 Å². The number of nitrogens with zero attached hydrogens (tertiary/aromatic N) is 3. The number of pyridine rings is 1. The SMILES string of the molecule is Cc1cc(C(F)(F)F)nc2sc(C(N)=O)c(NC(=O)c3ccn(COc4ccc(F)cc4)n3)c12. The molecule has 0 aliphatic heterocycles. The molecule has 0 atom stereocenters. The number of fused-ring (bicyclic) bond motifs is 1. The molecule has 1 aromatic carbocycles. The van der Waals surface area contributed by atoms with E-state index in [0.717, 1.165) is 6.07 Å². The number of halogens is 4. The van der Waals surface area contributed by atoms with Gasteiger partial charge in [0.2, 0.25) is 0 Å². The fraction of sp³-hybridized carbons (Fsp3) is 0.143. The van der Waals surface area contributed by atoms with Crippen LogP contribution in [0, 0.1) is 12.7 Å². The van der Waals surface area contributed by atoms with Crippen LogP contribution < -0.4 is 15.8 Å². The Kier molecular flexibility index (Phi) is 5.96. The minimum Gasteiger partial charge on any atom is -0.471 e. The number of rotatable bonds is 6. The maximum absolute atomic E-state index is 13.1. The summed E-state index contributed by atoms with van der Waals surface area (Å²) in [7, 11) is 0. The van der Waals surface area contributed by atoms with E-state index < -0.39 is 29.5 Å². The van der Waals surface area contributed by atoms with E-state index in [2.05, 4.69) is 15.4 Å². The van der Waals surface area contributed by atoms with E-state index >= 15 is 0 Å². The Labute approximate surface area is 193 Å². The van der Waals surface area contributed by atoms with E-state index in [4.69, 9.17) is 10.5 Å². The van der Waals surface area contributed by atoms with Crippen molar-refractivity contribution in [3.63, 3.8) is 0 Å². The summed E-state index contributed by atoms with van der Waals surface area (Å²) < 4.78 is 59.1. The number of benzene rings is 1. The van der Waals surface area contributed by atoms with E-state index in [1.54, 1.807) is 0 Å². The van der Waals surface area contributed by atoms with Gasteiger partial charge in [-0.15, -0.1) is 11.3 Å². The highest BCUT2D eigenvalue weighted by Crippen LogP contribution is 2.39. The number of carbonyl (C=O) groups is 2. The van der Waals surface area contributed by atoms with Crippen molar-refractivity contribution >= 4 is 39.1 Å². The number of thiophene rings is 1. The van der Waals surface area contributed by atoms with Crippen molar-refractivity contribution in [1.29, 1.82) is 0 Å². The van der Waals surface area contributed by atoms with Gasteiger partial charge >= 0.3 is 6.18 Å². The van der Waals surface area contributed by atoms with Gasteiger partial charge in [0, 0.05) is 11.6 Å². The monoisotopic (exact) mass is 493 g/mol. The Hall–Kier alpha value is -4.00. The molecule has 0 fully saturated rings. The van der Waals surface area contributed by atoms with Crippen molar-refractivity contribution in [3.05, 3.63) is 70.2 Å². The second-order valence-corrected chi connectivity index (χ2v) is 8.09. The molecule has 13 heteroatoms. The third-order valence-electron chi connectivity index (χ3n) is 4.66. The van der Waals surface area contributed by atoms with E-state index in [9.17, 15) is 27.2 Å². The molecule has 2 amide bonds. The molecular weight excluding hydrogens is 478 g/mol. The predicted molar refractivity (Wildman–Crippen MR) is 115 cm³/mol. The summed E-state index contributed by atoms with van der Waals surface area (Å²) in [6.45, 7) is 1.34. The van der Waals surface area contributed by atoms with Gasteiger partial charge in [0.25, 0.3) is 11.8 Å². The van der Waals surface area contributed by atoms with E-state index in [1.165, 1.54) is 48.1 Å². The number of anilines is 1. The quantitative estimate of drug-likeness (QED) is 0.388. The molecule has 0 spiro atoms. The third kappa shape index (κ3) is 4.69. The van der Waals surface area contributed by atoms with Gasteiger partial charge in [0.15, 0.2) is 12.4 Å². The smallest absolute Gasteiger partial charge is 0.433 e. The van der Waals surface area contributed by atoms with Crippen LogP contribution in [0.5, 0.6) is 5.75 Å². The topological polar surface area (TPSA) is 112 Å². The second-order valence-electron chi connectivity index (χ2n) is 7.09. The lowest BCUT2D eigenvalue weighted by Gasteiger charge is -2.09. The maximum Gasteiger partial charge on any atom is 0.433 e. The second kappa shape index (κ2) is 8.74. The molecule has 4 aromatic rings. The lowest BCUT2D eigenvalue weighted by atomic mass is 10.1. The Morgan fingerprint density at radius 3 is 2.56 bits per heavy atom. The number of ether oxygens (including phenoxy) is 1. The molecule has 0 aliphatic carbocycles. The lowest BCUT2D eigenvalue weighted by molar-refractivity contribution is -0.141. The molecule has 0 saturated heterocycles. The van der Waals surface area contributed by atoms with E-state index in [0.29, 0.717) is 17.1 Å². The Bertz CT molecular complexity index is 1400. The van der Waals surface area contributed by atoms with Gasteiger partial charge < -0.3 is 15.8 Å². The van der Waals surface area contributed by atoms with Gasteiger partial charge in [-0.25, -0.2) is 14.1 Å². The molecule has 0 radical (unpaired) electrons. The zero-order chi connectivity index (χ0) is 24.6. The molecular formula is C21H15F4N5O3S. The van der Waals surface area contributed by atoms with E-state index in [1.807, 2.05) is 0 Å². The van der Waals surface area contributed by atoms with Gasteiger partial charge in [-0.05, 0) is 48.9 Å². The molecule has 0 aliphatic rings. The number of hydrogen-bond donors (Lipinski definition) is 2. The van der Waals surface area contributed by atoms with Gasteiger partial charge in [0.1, 0.15) is 27.0 Å². The Balaban J connectivity index is 1.58. The van der Waals surface area contributed by atoms with Gasteiger partial charge in [-0.2, -0.15) is 18.3 Å². The Morgan fingerprint density at radius 2 is 1.91 bits per heavy atom. The van der Waals surface area contributed by atoms with Gasteiger partial charge in [-0.1, -0.05) is 0 Å². The number of aromatic nitrogens is 3. The minimum absolute atomic E-state index is 0.0339. The first kappa shape index (κ1) is 23.2. The van der Waals surface area contributed by atoms with Crippen LogP contribution in [-0.4, -0.2) is 26.6 Å². The average molecular weight is 493 g/mol. The summed E-state index contributed by atoms with van der Waals surface area (Å²) in [5.74, 6) is -1.67. The summed E-state index contributed by atoms with van der Waals surface area (Å²) in [6, 6.07) is 7.53. The summed E-state index contributed by atoms with van der Waals surface area (Å²) in [5.41, 5.74) is 4.35. The van der Waals surface area contributed by atoms with Crippen molar-refractivity contribution in [2.45, 2.75) is 19.8 Å². The first-order valence-corrected chi connectivity index (χ1v) is 10.4. The van der Waals surface area contributed by atoms with Crippen LogP contribution in [-0.2, 0) is 12.9 Å². The largest absolute Gasteiger partial charge is 0.471 e. The first-order valence-electron chi connectivity index (χ1n) is 9.57. The van der Waals surface area contributed by atoms with Gasteiger partial charge in [-0.3, -0.25) is 9.59 Å². The van der Waals surface area contributed by atoms with Gasteiger partial charge in [0.05, 0.1) is 5.69 Å². The number of aryl methyl sites for hydroxylation is 1. The predicted octanol–water partition coefficient (Wildman–Crippen LogP) is 4.35. The number of alkyl halides is 3. The zero-order valence-corrected chi connectivity index (χ0v) is 18.1. The van der Waals surface area contributed by atoms with Crippen LogP contribution in [0.4, 0.5) is 23.2 Å². The third-order valence-corrected chi connectivity index (χ3v) is 5.76. The fourth-order valence-corrected chi connectivity index (χ4v) is 4.18. The fourth-order valence-electron chi connectivity index (χ4n) is 3.12. The number of amides is 2. The molecule has 0 bridgehead atoms. The summed E-state index contributed by atoms with van der Waals surface area (Å²) in [6.07, 6.45) is -3.22. The summed E-state index contributed by atoms with van der Waals surface area (Å²) in [4.78, 5) is 28.1. The Morgan fingerprint density at radius 1 is 1.21 bits per heavy atom. The normalized spacial score (nSPS) is 11.6. The maximum atomic E-state index is 13.1. The molecule has 3 heterocycles. The van der Waals surface area contributed by atoms with Crippen LogP contribution in [0.25, 0.3) is 10.2 Å². The highest BCUT2D eigenvalue weighted by molar-refractivity contribution is 7.21. The molecule has 3 N–H and O–H groups in total. The number of primary amides is 1. The number of carbonyl (C=O) groups excluding carboxylic acids is 2. The highest BCUT2D eigenvalue weighted by Gasteiger charge is 2.34. The molecule has 4 rings (SSSR count). The molecule has 8 nitrogen and oxygen atoms in total. The standard InChI is InChI=1S/C21H15F4N5O3S/c1-10-8-14(21(23,24)25)27-20-15(10)16(17(34-20)18(26)31)28-19(32)13-6-7-30(29-13)9-33-12-4-2-11(22)3-5-12/h2-8H,9H2,1H3,(H2,26,31)(H,28,32). The van der Waals surface area contributed by atoms with Crippen LogP contribution in [0.15, 0.2) is 42.6 Å². The van der Waals surface area contributed by atoms with Crippen molar-refractivity contribution in [2.24, 2.45) is 5.73 Å². The van der Waals surface area contributed by atoms with Crippen molar-refractivity contribution < 1.29 is 31.9 Å². The van der Waals surface area contributed by atoms with Crippen LogP contribution in [0.2, 0.25) is 0 Å². The number of nitrogens with two attached hydrogens (primary N) is 1. The average Bonchev–Trinajstić information content (AvgIpc) is 3.38. The minimum atomic E-state index is -4.68. The van der Waals surface area contributed by atoms with Crippen LogP contribution in [0.1, 0.15) is 31.4 Å². The molecule has 3 aromatic heterocycles. The number of hydrogen-bond acceptors (Lipinski definition) is 6. The van der Waals surface area contributed by atoms with Crippen molar-refractivity contribution in [3.8, 4) is 5.75 Å². The zero-order valence-electron chi connectivity index (χ0n) is 17.3. The van der Waals surface area contributed by atoms with Crippen molar-refractivity contribution in [2.75, 3.05) is 5.32 Å². The van der Waals surface area contributed by atoms with Crippen LogP contribution in [0.3, 0.4) is 0 Å². The molecule has 176 valence electrons. The number of nitrogens with one attached hydrogen (secondary N) is 1. The molecule has 0 unspecified atom stereocenters. The lowest BCUT2D eigenvalue weighted by Crippen LogP contribution is -2.18. The molecule has 34 heavy (non-hydrogen) atoms. The van der Waals surface area contributed by atoms with Crippen molar-refractivity contribution in [1.82, 2.24) is 14.8 Å². The highest BCUT2D eigenvalue weighted by atomic mass is 32.1. The summed E-state index contributed by atoms with van der Waals surface area (Å²) >= 11 is 0.653. The first-order chi connectivity index (χ1) is 16.0. The summed E-state index contributed by atoms with van der Waals surface area (Å²) in [5, 5.41) is 6.77. The van der Waals surface area contributed by atoms with Crippen LogP contribution >= 0.6 is 11.3 Å².